The summed E-state index contributed by atoms with van der Waals surface area (Å²) in [7, 11) is 2.47. The van der Waals surface area contributed by atoms with Gasteiger partial charge in [-0.25, -0.2) is 0 Å². The third kappa shape index (κ3) is 14.9. The summed E-state index contributed by atoms with van der Waals surface area (Å²) in [4.78, 5) is 2.81. The predicted octanol–water partition coefficient (Wildman–Crippen LogP) is 11.7. The zero-order chi connectivity index (χ0) is 28.9. The molecule has 2 heteroatoms. The van der Waals surface area contributed by atoms with E-state index in [2.05, 4.69) is 45.0 Å². The molecule has 0 aromatic heterocycles. The summed E-state index contributed by atoms with van der Waals surface area (Å²) in [6.45, 7) is 12.0. The number of nitrogens with one attached hydrogen (secondary N) is 1. The van der Waals surface area contributed by atoms with Crippen molar-refractivity contribution in [3.63, 3.8) is 0 Å². The molecule has 2 aliphatic carbocycles. The molecule has 40 heavy (non-hydrogen) atoms. The number of hydrogen-bond donors (Lipinski definition) is 1. The second-order valence-corrected chi connectivity index (χ2v) is 14.8. The van der Waals surface area contributed by atoms with E-state index in [0.29, 0.717) is 0 Å². The highest BCUT2D eigenvalue weighted by molar-refractivity contribution is 4.99. The van der Waals surface area contributed by atoms with Crippen LogP contribution in [0.4, 0.5) is 0 Å². The van der Waals surface area contributed by atoms with Crippen LogP contribution in [0.25, 0.3) is 0 Å². The van der Waals surface area contributed by atoms with Gasteiger partial charge in [-0.05, 0) is 95.1 Å². The number of hydrogen-bond acceptors (Lipinski definition) is 2. The normalized spacial score (nSPS) is 24.4. The summed E-state index contributed by atoms with van der Waals surface area (Å²) in [5.74, 6) is 1.89. The fourth-order valence-corrected chi connectivity index (χ4v) is 8.28. The summed E-state index contributed by atoms with van der Waals surface area (Å²) in [5, 5.41) is 4.10. The number of nitrogens with zero attached hydrogens (tertiary/aromatic N) is 1. The van der Waals surface area contributed by atoms with Crippen molar-refractivity contribution in [1.29, 1.82) is 0 Å². The summed E-state index contributed by atoms with van der Waals surface area (Å²) >= 11 is 0. The van der Waals surface area contributed by atoms with Gasteiger partial charge in [0.05, 0.1) is 0 Å². The van der Waals surface area contributed by atoms with E-state index in [4.69, 9.17) is 0 Å². The molecule has 0 aliphatic heterocycles. The van der Waals surface area contributed by atoms with Crippen molar-refractivity contribution in [1.82, 2.24) is 10.2 Å². The van der Waals surface area contributed by atoms with Gasteiger partial charge in [-0.3, -0.25) is 0 Å². The van der Waals surface area contributed by atoms with E-state index in [9.17, 15) is 0 Å². The molecule has 2 rings (SSSR count). The predicted molar refractivity (Wildman–Crippen MR) is 180 cm³/mol. The molecule has 2 aliphatic rings. The lowest BCUT2D eigenvalue weighted by molar-refractivity contribution is -0.0115. The van der Waals surface area contributed by atoms with Gasteiger partial charge in [0, 0.05) is 18.6 Å². The lowest BCUT2D eigenvalue weighted by Gasteiger charge is -2.53. The van der Waals surface area contributed by atoms with Crippen LogP contribution in [0.1, 0.15) is 195 Å². The molecular formula is C38H76N2. The maximum atomic E-state index is 4.10. The van der Waals surface area contributed by atoms with Crippen LogP contribution in [0.2, 0.25) is 0 Å². The number of unbranched alkanes of at least 4 members (excludes halogenated alkanes) is 12. The molecule has 0 saturated heterocycles. The highest BCUT2D eigenvalue weighted by Gasteiger charge is 2.46. The molecule has 2 atom stereocenters. The van der Waals surface area contributed by atoms with Gasteiger partial charge < -0.3 is 10.2 Å². The maximum absolute atomic E-state index is 4.10. The Bertz CT molecular complexity index is 558. The molecule has 238 valence electrons. The first-order valence-electron chi connectivity index (χ1n) is 19.0. The highest BCUT2D eigenvalue weighted by atomic mass is 15.1. The standard InChI is InChI=1S/C38H76N2/c1-6-10-14-17-19-23-34(22-13-9-4)33-40(5)37-26-28-38(29-27-37)30-35(31-38)32-39-36(24-20-16-12-8-3)25-21-18-15-11-7-2/h34-37,39H,6-33H2,1-5H3. The van der Waals surface area contributed by atoms with Gasteiger partial charge >= 0.3 is 0 Å². The van der Waals surface area contributed by atoms with E-state index in [1.165, 1.54) is 180 Å². The molecular weight excluding hydrogens is 484 g/mol. The smallest absolute Gasteiger partial charge is 0.00927 e. The third-order valence-corrected chi connectivity index (χ3v) is 11.1. The second-order valence-electron chi connectivity index (χ2n) is 14.8. The first-order chi connectivity index (χ1) is 19.6. The Labute approximate surface area is 254 Å². The molecule has 0 aromatic rings. The van der Waals surface area contributed by atoms with Gasteiger partial charge in [-0.15, -0.1) is 0 Å². The molecule has 0 radical (unpaired) electrons. The Balaban J connectivity index is 1.67. The summed E-state index contributed by atoms with van der Waals surface area (Å²) in [5.41, 5.74) is 0.724. The SMILES string of the molecule is CCCCCCCC(CCCC)CN(C)C1CCC2(CC1)CC(CNC(CCCCCC)CCCCCCC)C2. The van der Waals surface area contributed by atoms with Crippen molar-refractivity contribution >= 4 is 0 Å². The minimum atomic E-state index is 0.724. The topological polar surface area (TPSA) is 15.3 Å². The Kier molecular flexibility index (Phi) is 20.3. The summed E-state index contributed by atoms with van der Waals surface area (Å²) in [6, 6.07) is 1.64. The first-order valence-corrected chi connectivity index (χ1v) is 19.0. The molecule has 0 heterocycles. The van der Waals surface area contributed by atoms with Crippen LogP contribution in [0.15, 0.2) is 0 Å². The van der Waals surface area contributed by atoms with Crippen LogP contribution in [-0.2, 0) is 0 Å². The minimum absolute atomic E-state index is 0.724. The van der Waals surface area contributed by atoms with Crippen molar-refractivity contribution in [2.45, 2.75) is 207 Å². The highest BCUT2D eigenvalue weighted by Crippen LogP contribution is 2.55. The van der Waals surface area contributed by atoms with E-state index >= 15 is 0 Å². The number of rotatable bonds is 26. The van der Waals surface area contributed by atoms with Gasteiger partial charge in [0.1, 0.15) is 0 Å². The van der Waals surface area contributed by atoms with E-state index < -0.39 is 0 Å². The van der Waals surface area contributed by atoms with Gasteiger partial charge in [-0.1, -0.05) is 130 Å². The molecule has 1 N–H and O–H groups in total. The lowest BCUT2D eigenvalue weighted by Crippen LogP contribution is -2.48. The van der Waals surface area contributed by atoms with Crippen molar-refractivity contribution in [3.05, 3.63) is 0 Å². The lowest BCUT2D eigenvalue weighted by atomic mass is 9.55. The van der Waals surface area contributed by atoms with Gasteiger partial charge in [0.15, 0.2) is 0 Å². The third-order valence-electron chi connectivity index (χ3n) is 11.1. The van der Waals surface area contributed by atoms with Crippen molar-refractivity contribution in [3.8, 4) is 0 Å². The van der Waals surface area contributed by atoms with E-state index in [1.54, 1.807) is 0 Å². The quantitative estimate of drug-likeness (QED) is 0.106. The fourth-order valence-electron chi connectivity index (χ4n) is 8.28. The fraction of sp³-hybridized carbons (Fsp3) is 1.00. The monoisotopic (exact) mass is 561 g/mol. The second kappa shape index (κ2) is 22.5. The molecule has 2 unspecified atom stereocenters. The van der Waals surface area contributed by atoms with E-state index in [0.717, 1.165) is 29.3 Å². The van der Waals surface area contributed by atoms with Gasteiger partial charge in [0.25, 0.3) is 0 Å². The molecule has 0 amide bonds. The zero-order valence-electron chi connectivity index (χ0n) is 28.6. The summed E-state index contributed by atoms with van der Waals surface area (Å²) < 4.78 is 0. The Hall–Kier alpha value is -0.0800. The van der Waals surface area contributed by atoms with E-state index in [1.807, 2.05) is 0 Å². The average Bonchev–Trinajstić information content (AvgIpc) is 2.95. The Morgan fingerprint density at radius 2 is 1.10 bits per heavy atom. The average molecular weight is 561 g/mol. The molecule has 0 bridgehead atoms. The first kappa shape index (κ1) is 36.1. The van der Waals surface area contributed by atoms with Crippen molar-refractivity contribution in [2.24, 2.45) is 17.3 Å². The van der Waals surface area contributed by atoms with Crippen molar-refractivity contribution < 1.29 is 0 Å². The molecule has 1 spiro atoms. The van der Waals surface area contributed by atoms with Crippen LogP contribution in [0.5, 0.6) is 0 Å². The molecule has 2 nitrogen and oxygen atoms in total. The maximum Gasteiger partial charge on any atom is 0.00927 e. The molecule has 0 aromatic carbocycles. The molecule has 2 fully saturated rings. The van der Waals surface area contributed by atoms with Crippen LogP contribution in [0, 0.1) is 17.3 Å². The van der Waals surface area contributed by atoms with Crippen LogP contribution < -0.4 is 5.32 Å². The van der Waals surface area contributed by atoms with Crippen molar-refractivity contribution in [2.75, 3.05) is 20.1 Å². The minimum Gasteiger partial charge on any atom is -0.314 e. The van der Waals surface area contributed by atoms with Crippen LogP contribution >= 0.6 is 0 Å². The largest absolute Gasteiger partial charge is 0.314 e. The van der Waals surface area contributed by atoms with E-state index in [-0.39, 0.29) is 0 Å². The zero-order valence-corrected chi connectivity index (χ0v) is 28.6. The van der Waals surface area contributed by atoms with Crippen LogP contribution in [0.3, 0.4) is 0 Å². The molecule has 2 saturated carbocycles. The Morgan fingerprint density at radius 3 is 1.65 bits per heavy atom. The Morgan fingerprint density at radius 1 is 0.625 bits per heavy atom. The van der Waals surface area contributed by atoms with Gasteiger partial charge in [-0.2, -0.15) is 0 Å². The van der Waals surface area contributed by atoms with Crippen LogP contribution in [-0.4, -0.2) is 37.1 Å². The summed E-state index contributed by atoms with van der Waals surface area (Å²) in [6.07, 6.45) is 37.4. The van der Waals surface area contributed by atoms with Gasteiger partial charge in [0.2, 0.25) is 0 Å².